The summed E-state index contributed by atoms with van der Waals surface area (Å²) in [5, 5.41) is 10.8. The Bertz CT molecular complexity index is 402. The Labute approximate surface area is 87.2 Å². The minimum absolute atomic E-state index is 0.00191. The third-order valence-corrected chi connectivity index (χ3v) is 2.97. The number of rotatable bonds is 4. The standard InChI is InChI=1S/C6H11ClN4O2S/c1-5(4-14(2,12)13)11-6(3-7)8-9-10-11/h5H,3-4H2,1-2H3. The van der Waals surface area contributed by atoms with Gasteiger partial charge in [0.05, 0.1) is 17.7 Å². The van der Waals surface area contributed by atoms with E-state index in [1.165, 1.54) is 10.9 Å². The zero-order valence-electron chi connectivity index (χ0n) is 7.88. The highest BCUT2D eigenvalue weighted by atomic mass is 35.5. The molecular formula is C6H11ClN4O2S. The van der Waals surface area contributed by atoms with E-state index in [0.717, 1.165) is 0 Å². The molecule has 80 valence electrons. The first-order valence-corrected chi connectivity index (χ1v) is 6.54. The molecule has 14 heavy (non-hydrogen) atoms. The fraction of sp³-hybridized carbons (Fsp3) is 0.833. The molecule has 0 fully saturated rings. The zero-order valence-corrected chi connectivity index (χ0v) is 9.46. The van der Waals surface area contributed by atoms with Gasteiger partial charge in [0, 0.05) is 6.26 Å². The number of alkyl halides is 1. The average Bonchev–Trinajstić information content (AvgIpc) is 2.47. The van der Waals surface area contributed by atoms with Crippen LogP contribution >= 0.6 is 11.6 Å². The maximum absolute atomic E-state index is 11.0. The third-order valence-electron chi connectivity index (χ3n) is 1.64. The number of hydrogen-bond acceptors (Lipinski definition) is 5. The Morgan fingerprint density at radius 1 is 1.57 bits per heavy atom. The largest absolute Gasteiger partial charge is 0.229 e. The minimum atomic E-state index is -3.03. The predicted molar refractivity (Wildman–Crippen MR) is 51.8 cm³/mol. The SMILES string of the molecule is CC(CS(C)(=O)=O)n1nnnc1CCl. The van der Waals surface area contributed by atoms with Crippen LogP contribution in [0.15, 0.2) is 0 Å². The van der Waals surface area contributed by atoms with E-state index < -0.39 is 9.84 Å². The molecule has 0 spiro atoms. The maximum atomic E-state index is 11.0. The van der Waals surface area contributed by atoms with Gasteiger partial charge in [-0.1, -0.05) is 0 Å². The van der Waals surface area contributed by atoms with E-state index in [-0.39, 0.29) is 17.7 Å². The second-order valence-electron chi connectivity index (χ2n) is 3.11. The van der Waals surface area contributed by atoms with Gasteiger partial charge in [0.25, 0.3) is 0 Å². The smallest absolute Gasteiger partial charge is 0.166 e. The van der Waals surface area contributed by atoms with Crippen molar-refractivity contribution in [3.8, 4) is 0 Å². The first kappa shape index (κ1) is 11.4. The van der Waals surface area contributed by atoms with Gasteiger partial charge in [0.1, 0.15) is 9.84 Å². The quantitative estimate of drug-likeness (QED) is 0.691. The van der Waals surface area contributed by atoms with Crippen molar-refractivity contribution in [2.45, 2.75) is 18.8 Å². The summed E-state index contributed by atoms with van der Waals surface area (Å²) in [6.45, 7) is 1.73. The highest BCUT2D eigenvalue weighted by Crippen LogP contribution is 2.09. The van der Waals surface area contributed by atoms with Crippen molar-refractivity contribution in [3.63, 3.8) is 0 Å². The van der Waals surface area contributed by atoms with Crippen molar-refractivity contribution in [1.82, 2.24) is 20.2 Å². The van der Waals surface area contributed by atoms with Crippen molar-refractivity contribution < 1.29 is 8.42 Å². The molecule has 1 rings (SSSR count). The van der Waals surface area contributed by atoms with E-state index in [2.05, 4.69) is 15.5 Å². The summed E-state index contributed by atoms with van der Waals surface area (Å²) >= 11 is 5.58. The highest BCUT2D eigenvalue weighted by molar-refractivity contribution is 7.90. The molecule has 1 heterocycles. The molecule has 0 aliphatic carbocycles. The fourth-order valence-electron chi connectivity index (χ4n) is 1.15. The second kappa shape index (κ2) is 4.22. The summed E-state index contributed by atoms with van der Waals surface area (Å²) in [6.07, 6.45) is 1.17. The molecule has 0 aliphatic heterocycles. The van der Waals surface area contributed by atoms with Crippen molar-refractivity contribution in [2.75, 3.05) is 12.0 Å². The van der Waals surface area contributed by atoms with Crippen LogP contribution in [0.5, 0.6) is 0 Å². The van der Waals surface area contributed by atoms with Crippen LogP contribution in [0.1, 0.15) is 18.8 Å². The molecule has 0 aromatic carbocycles. The van der Waals surface area contributed by atoms with Gasteiger partial charge in [0.2, 0.25) is 0 Å². The van der Waals surface area contributed by atoms with Crippen LogP contribution in [-0.4, -0.2) is 40.6 Å². The molecule has 0 saturated carbocycles. The van der Waals surface area contributed by atoms with Crippen molar-refractivity contribution in [1.29, 1.82) is 0 Å². The van der Waals surface area contributed by atoms with E-state index in [1.54, 1.807) is 6.92 Å². The van der Waals surface area contributed by atoms with Gasteiger partial charge in [-0.3, -0.25) is 0 Å². The molecule has 0 N–H and O–H groups in total. The molecule has 1 aromatic heterocycles. The highest BCUT2D eigenvalue weighted by Gasteiger charge is 2.16. The van der Waals surface area contributed by atoms with E-state index >= 15 is 0 Å². The molecule has 0 bridgehead atoms. The third kappa shape index (κ3) is 2.91. The topological polar surface area (TPSA) is 77.7 Å². The van der Waals surface area contributed by atoms with Crippen LogP contribution in [0, 0.1) is 0 Å². The van der Waals surface area contributed by atoms with Gasteiger partial charge in [-0.25, -0.2) is 13.1 Å². The van der Waals surface area contributed by atoms with Crippen LogP contribution in [0.3, 0.4) is 0 Å². The molecule has 0 aliphatic rings. The number of nitrogens with zero attached hydrogens (tertiary/aromatic N) is 4. The van der Waals surface area contributed by atoms with Gasteiger partial charge < -0.3 is 0 Å². The maximum Gasteiger partial charge on any atom is 0.166 e. The summed E-state index contributed by atoms with van der Waals surface area (Å²) in [6, 6.07) is -0.297. The molecular weight excluding hydrogens is 228 g/mol. The summed E-state index contributed by atoms with van der Waals surface area (Å²) in [7, 11) is -3.03. The summed E-state index contributed by atoms with van der Waals surface area (Å²) in [5.74, 6) is 0.645. The van der Waals surface area contributed by atoms with Crippen LogP contribution in [-0.2, 0) is 15.7 Å². The lowest BCUT2D eigenvalue weighted by atomic mass is 10.4. The summed E-state index contributed by atoms with van der Waals surface area (Å²) < 4.78 is 23.5. The van der Waals surface area contributed by atoms with E-state index in [4.69, 9.17) is 11.6 Å². The Hall–Kier alpha value is -0.690. The number of halogens is 1. The fourth-order valence-corrected chi connectivity index (χ4v) is 2.34. The van der Waals surface area contributed by atoms with Crippen LogP contribution < -0.4 is 0 Å². The normalized spacial score (nSPS) is 14.2. The average molecular weight is 239 g/mol. The second-order valence-corrected chi connectivity index (χ2v) is 5.57. The van der Waals surface area contributed by atoms with E-state index in [0.29, 0.717) is 5.82 Å². The molecule has 1 atom stereocenters. The molecule has 6 nitrogen and oxygen atoms in total. The van der Waals surface area contributed by atoms with Gasteiger partial charge in [-0.05, 0) is 17.4 Å². The van der Waals surface area contributed by atoms with E-state index in [1.807, 2.05) is 0 Å². The number of tetrazole rings is 1. The Balaban J connectivity index is 2.84. The van der Waals surface area contributed by atoms with E-state index in [9.17, 15) is 8.42 Å². The molecule has 1 aromatic rings. The lowest BCUT2D eigenvalue weighted by molar-refractivity contribution is 0.494. The molecule has 1 unspecified atom stereocenters. The number of aromatic nitrogens is 4. The van der Waals surface area contributed by atoms with Gasteiger partial charge in [-0.2, -0.15) is 0 Å². The Kier molecular flexibility index (Phi) is 3.43. The predicted octanol–water partition coefficient (Wildman–Crippen LogP) is 0.0175. The molecule has 0 saturated heterocycles. The molecule has 8 heteroatoms. The monoisotopic (exact) mass is 238 g/mol. The number of hydrogen-bond donors (Lipinski definition) is 0. The van der Waals surface area contributed by atoms with Crippen molar-refractivity contribution >= 4 is 21.4 Å². The summed E-state index contributed by atoms with van der Waals surface area (Å²) in [4.78, 5) is 0. The Morgan fingerprint density at radius 3 is 2.71 bits per heavy atom. The lowest BCUT2D eigenvalue weighted by Gasteiger charge is -2.10. The Morgan fingerprint density at radius 2 is 2.21 bits per heavy atom. The minimum Gasteiger partial charge on any atom is -0.229 e. The molecule has 0 amide bonds. The van der Waals surface area contributed by atoms with Gasteiger partial charge in [-0.15, -0.1) is 16.7 Å². The first-order chi connectivity index (χ1) is 6.44. The lowest BCUT2D eigenvalue weighted by Crippen LogP contribution is -2.19. The van der Waals surface area contributed by atoms with Crippen LogP contribution in [0.25, 0.3) is 0 Å². The van der Waals surface area contributed by atoms with Gasteiger partial charge in [0.15, 0.2) is 5.82 Å². The first-order valence-electron chi connectivity index (χ1n) is 3.94. The van der Waals surface area contributed by atoms with Crippen molar-refractivity contribution in [3.05, 3.63) is 5.82 Å². The molecule has 0 radical (unpaired) electrons. The van der Waals surface area contributed by atoms with Gasteiger partial charge >= 0.3 is 0 Å². The van der Waals surface area contributed by atoms with Crippen LogP contribution in [0.4, 0.5) is 0 Å². The number of sulfone groups is 1. The zero-order chi connectivity index (χ0) is 10.8. The van der Waals surface area contributed by atoms with Crippen LogP contribution in [0.2, 0.25) is 0 Å². The van der Waals surface area contributed by atoms with Crippen molar-refractivity contribution in [2.24, 2.45) is 0 Å². The summed E-state index contributed by atoms with van der Waals surface area (Å²) in [5.41, 5.74) is 0.